The molecule has 0 spiro atoms. The van der Waals surface area contributed by atoms with E-state index in [-0.39, 0.29) is 12.0 Å². The van der Waals surface area contributed by atoms with Crippen LogP contribution in [0.5, 0.6) is 0 Å². The van der Waals surface area contributed by atoms with Crippen molar-refractivity contribution in [3.63, 3.8) is 0 Å². The molecule has 1 amide bonds. The Morgan fingerprint density at radius 1 is 1.32 bits per heavy atom. The molecule has 1 N–H and O–H groups in total. The van der Waals surface area contributed by atoms with Crippen molar-refractivity contribution < 1.29 is 19.4 Å². The number of amides is 1. The number of aliphatic hydroxyl groups is 1. The largest absolute Gasteiger partial charge is 0.382 e. The maximum atomic E-state index is 12.7. The topological polar surface area (TPSA) is 59.0 Å². The average molecular weight is 305 g/mol. The third kappa shape index (κ3) is 3.02. The molecule has 120 valence electrons. The monoisotopic (exact) mass is 305 g/mol. The van der Waals surface area contributed by atoms with Gasteiger partial charge in [0.2, 0.25) is 0 Å². The number of hydrogen-bond donors (Lipinski definition) is 1. The first kappa shape index (κ1) is 15.5. The van der Waals surface area contributed by atoms with Crippen molar-refractivity contribution in [2.75, 3.05) is 33.4 Å². The van der Waals surface area contributed by atoms with Crippen molar-refractivity contribution in [3.8, 4) is 0 Å². The van der Waals surface area contributed by atoms with Gasteiger partial charge < -0.3 is 19.5 Å². The molecule has 1 heterocycles. The predicted octanol–water partition coefficient (Wildman–Crippen LogP) is 0.780. The SMILES string of the molecule is COCCOC1CCN(C(=O)C2(O)Cc3ccccc3C2)C1. The number of likely N-dealkylation sites (tertiary alicyclic amines) is 1. The van der Waals surface area contributed by atoms with E-state index in [0.29, 0.717) is 39.1 Å². The van der Waals surface area contributed by atoms with Gasteiger partial charge in [0.1, 0.15) is 0 Å². The summed E-state index contributed by atoms with van der Waals surface area (Å²) >= 11 is 0. The van der Waals surface area contributed by atoms with Crippen molar-refractivity contribution in [3.05, 3.63) is 35.4 Å². The molecular formula is C17H23NO4. The summed E-state index contributed by atoms with van der Waals surface area (Å²) in [6, 6.07) is 7.87. The van der Waals surface area contributed by atoms with E-state index >= 15 is 0 Å². The van der Waals surface area contributed by atoms with Gasteiger partial charge in [0.15, 0.2) is 5.60 Å². The van der Waals surface area contributed by atoms with Crippen LogP contribution in [-0.4, -0.2) is 61.0 Å². The number of carbonyl (C=O) groups is 1. The van der Waals surface area contributed by atoms with Crippen molar-refractivity contribution in [1.82, 2.24) is 4.90 Å². The third-order valence-corrected chi connectivity index (χ3v) is 4.56. The molecule has 2 aliphatic rings. The number of rotatable bonds is 5. The van der Waals surface area contributed by atoms with Crippen LogP contribution in [0.15, 0.2) is 24.3 Å². The molecule has 0 saturated carbocycles. The second-order valence-corrected chi connectivity index (χ2v) is 6.18. The fourth-order valence-electron chi connectivity index (χ4n) is 3.39. The molecule has 0 bridgehead atoms. The zero-order chi connectivity index (χ0) is 15.6. The molecule has 0 aromatic heterocycles. The van der Waals surface area contributed by atoms with E-state index in [1.54, 1.807) is 12.0 Å². The Morgan fingerprint density at radius 2 is 2.00 bits per heavy atom. The van der Waals surface area contributed by atoms with Gasteiger partial charge in [-0.05, 0) is 17.5 Å². The molecule has 1 aromatic carbocycles. The number of nitrogens with zero attached hydrogens (tertiary/aromatic N) is 1. The lowest BCUT2D eigenvalue weighted by atomic mass is 9.99. The molecule has 1 fully saturated rings. The summed E-state index contributed by atoms with van der Waals surface area (Å²) in [6.07, 6.45) is 1.69. The van der Waals surface area contributed by atoms with Gasteiger partial charge in [0.05, 0.1) is 19.3 Å². The number of carbonyl (C=O) groups excluding carboxylic acids is 1. The summed E-state index contributed by atoms with van der Waals surface area (Å²) in [6.45, 7) is 2.30. The van der Waals surface area contributed by atoms with Crippen LogP contribution in [0.2, 0.25) is 0 Å². The van der Waals surface area contributed by atoms with Crippen LogP contribution in [0.3, 0.4) is 0 Å². The first-order valence-corrected chi connectivity index (χ1v) is 7.81. The Bertz CT molecular complexity index is 520. The van der Waals surface area contributed by atoms with E-state index in [1.165, 1.54) is 0 Å². The van der Waals surface area contributed by atoms with E-state index in [2.05, 4.69) is 0 Å². The Hall–Kier alpha value is -1.43. The van der Waals surface area contributed by atoms with Crippen LogP contribution >= 0.6 is 0 Å². The maximum absolute atomic E-state index is 12.7. The normalized spacial score (nSPS) is 22.8. The highest BCUT2D eigenvalue weighted by atomic mass is 16.5. The number of ether oxygens (including phenoxy) is 2. The van der Waals surface area contributed by atoms with Crippen molar-refractivity contribution >= 4 is 5.91 Å². The third-order valence-electron chi connectivity index (χ3n) is 4.56. The first-order valence-electron chi connectivity index (χ1n) is 7.81. The molecule has 1 atom stereocenters. The van der Waals surface area contributed by atoms with E-state index < -0.39 is 5.60 Å². The number of methoxy groups -OCH3 is 1. The molecular weight excluding hydrogens is 282 g/mol. The lowest BCUT2D eigenvalue weighted by Gasteiger charge is -2.27. The molecule has 0 radical (unpaired) electrons. The maximum Gasteiger partial charge on any atom is 0.255 e. The Balaban J connectivity index is 1.59. The summed E-state index contributed by atoms with van der Waals surface area (Å²) in [5.74, 6) is -0.165. The highest BCUT2D eigenvalue weighted by Crippen LogP contribution is 2.32. The van der Waals surface area contributed by atoms with Gasteiger partial charge in [-0.25, -0.2) is 0 Å². The standard InChI is InChI=1S/C17H23NO4/c1-21-8-9-22-15-6-7-18(12-15)16(19)17(20)10-13-4-2-3-5-14(13)11-17/h2-5,15,20H,6-12H2,1H3. The minimum absolute atomic E-state index is 0.0477. The Kier molecular flexibility index (Phi) is 4.47. The van der Waals surface area contributed by atoms with Crippen LogP contribution in [0.25, 0.3) is 0 Å². The summed E-state index contributed by atoms with van der Waals surface area (Å²) in [5.41, 5.74) is 0.862. The summed E-state index contributed by atoms with van der Waals surface area (Å²) in [7, 11) is 1.64. The second kappa shape index (κ2) is 6.36. The van der Waals surface area contributed by atoms with Crippen molar-refractivity contribution in [2.45, 2.75) is 31.0 Å². The smallest absolute Gasteiger partial charge is 0.255 e. The molecule has 1 aliphatic carbocycles. The number of fused-ring (bicyclic) bond motifs is 1. The molecule has 5 nitrogen and oxygen atoms in total. The van der Waals surface area contributed by atoms with E-state index in [1.807, 2.05) is 24.3 Å². The van der Waals surface area contributed by atoms with Crippen LogP contribution in [0, 0.1) is 0 Å². The Morgan fingerprint density at radius 3 is 2.64 bits per heavy atom. The average Bonchev–Trinajstić information content (AvgIpc) is 3.10. The van der Waals surface area contributed by atoms with Crippen LogP contribution in [0.4, 0.5) is 0 Å². The van der Waals surface area contributed by atoms with Crippen LogP contribution in [0.1, 0.15) is 17.5 Å². The highest BCUT2D eigenvalue weighted by molar-refractivity contribution is 5.87. The van der Waals surface area contributed by atoms with Gasteiger partial charge in [-0.1, -0.05) is 24.3 Å². The van der Waals surface area contributed by atoms with Gasteiger partial charge in [-0.2, -0.15) is 0 Å². The fraction of sp³-hybridized carbons (Fsp3) is 0.588. The van der Waals surface area contributed by atoms with Gasteiger partial charge in [0.25, 0.3) is 5.91 Å². The second-order valence-electron chi connectivity index (χ2n) is 6.18. The first-order chi connectivity index (χ1) is 10.6. The summed E-state index contributed by atoms with van der Waals surface area (Å²) in [4.78, 5) is 14.4. The van der Waals surface area contributed by atoms with Gasteiger partial charge in [0, 0.05) is 33.0 Å². The molecule has 1 saturated heterocycles. The molecule has 3 rings (SSSR count). The summed E-state index contributed by atoms with van der Waals surface area (Å²) < 4.78 is 10.6. The lowest BCUT2D eigenvalue weighted by molar-refractivity contribution is -0.149. The molecule has 1 unspecified atom stereocenters. The van der Waals surface area contributed by atoms with E-state index in [4.69, 9.17) is 9.47 Å². The molecule has 22 heavy (non-hydrogen) atoms. The lowest BCUT2D eigenvalue weighted by Crippen LogP contribution is -2.49. The van der Waals surface area contributed by atoms with Crippen LogP contribution < -0.4 is 0 Å². The van der Waals surface area contributed by atoms with Crippen molar-refractivity contribution in [2.24, 2.45) is 0 Å². The highest BCUT2D eigenvalue weighted by Gasteiger charge is 2.45. The zero-order valence-electron chi connectivity index (χ0n) is 13.0. The van der Waals surface area contributed by atoms with E-state index in [0.717, 1.165) is 17.5 Å². The molecule has 1 aliphatic heterocycles. The zero-order valence-corrected chi connectivity index (χ0v) is 13.0. The Labute approximate surface area is 130 Å². The van der Waals surface area contributed by atoms with E-state index in [9.17, 15) is 9.90 Å². The molecule has 5 heteroatoms. The van der Waals surface area contributed by atoms with Gasteiger partial charge >= 0.3 is 0 Å². The predicted molar refractivity (Wildman–Crippen MR) is 81.6 cm³/mol. The number of hydrogen-bond acceptors (Lipinski definition) is 4. The van der Waals surface area contributed by atoms with Crippen molar-refractivity contribution in [1.29, 1.82) is 0 Å². The minimum atomic E-state index is -1.29. The van der Waals surface area contributed by atoms with Gasteiger partial charge in [-0.15, -0.1) is 0 Å². The fourth-order valence-corrected chi connectivity index (χ4v) is 3.39. The van der Waals surface area contributed by atoms with Gasteiger partial charge in [-0.3, -0.25) is 4.79 Å². The molecule has 1 aromatic rings. The summed E-state index contributed by atoms with van der Waals surface area (Å²) in [5, 5.41) is 10.8. The minimum Gasteiger partial charge on any atom is -0.382 e. The quantitative estimate of drug-likeness (QED) is 0.817. The number of benzene rings is 1. The van der Waals surface area contributed by atoms with Crippen LogP contribution in [-0.2, 0) is 27.1 Å².